The number of amides is 1. The van der Waals surface area contributed by atoms with E-state index in [2.05, 4.69) is 32.6 Å². The Labute approximate surface area is 157 Å². The Bertz CT molecular complexity index is 700. The van der Waals surface area contributed by atoms with Crippen LogP contribution >= 0.6 is 22.9 Å². The van der Waals surface area contributed by atoms with Gasteiger partial charge in [-0.05, 0) is 29.6 Å². The zero-order valence-electron chi connectivity index (χ0n) is 14.2. The Morgan fingerprint density at radius 2 is 2.00 bits per heavy atom. The molecule has 1 saturated heterocycles. The van der Waals surface area contributed by atoms with Crippen LogP contribution in [0.3, 0.4) is 0 Å². The number of nitrogens with zero attached hydrogens (tertiary/aromatic N) is 2. The zero-order chi connectivity index (χ0) is 17.6. The summed E-state index contributed by atoms with van der Waals surface area (Å²) in [4.78, 5) is 18.3. The van der Waals surface area contributed by atoms with E-state index in [-0.39, 0.29) is 5.91 Å². The number of hydrogen-bond acceptors (Lipinski definition) is 5. The van der Waals surface area contributed by atoms with Crippen molar-refractivity contribution in [3.63, 3.8) is 0 Å². The van der Waals surface area contributed by atoms with E-state index in [0.717, 1.165) is 32.7 Å². The van der Waals surface area contributed by atoms with Crippen molar-refractivity contribution in [2.45, 2.75) is 6.54 Å². The first-order valence-corrected chi connectivity index (χ1v) is 9.50. The summed E-state index contributed by atoms with van der Waals surface area (Å²) in [5.74, 6) is 0.561. The average molecular weight is 380 g/mol. The molecule has 1 N–H and O–H groups in total. The third-order valence-corrected chi connectivity index (χ3v) is 5.32. The smallest absolute Gasteiger partial charge is 0.238 e. The van der Waals surface area contributed by atoms with Crippen molar-refractivity contribution < 1.29 is 9.53 Å². The van der Waals surface area contributed by atoms with Gasteiger partial charge in [-0.15, -0.1) is 11.3 Å². The second kappa shape index (κ2) is 8.67. The van der Waals surface area contributed by atoms with E-state index in [1.807, 2.05) is 0 Å². The predicted octanol–water partition coefficient (Wildman–Crippen LogP) is 3.17. The van der Waals surface area contributed by atoms with E-state index in [0.29, 0.717) is 23.0 Å². The topological polar surface area (TPSA) is 44.8 Å². The van der Waals surface area contributed by atoms with Gasteiger partial charge in [-0.1, -0.05) is 17.7 Å². The summed E-state index contributed by atoms with van der Waals surface area (Å²) in [5, 5.41) is 5.57. The summed E-state index contributed by atoms with van der Waals surface area (Å²) in [7, 11) is 1.58. The Balaban J connectivity index is 1.47. The first kappa shape index (κ1) is 18.2. The molecular weight excluding hydrogens is 358 g/mol. The number of ether oxygens (including phenoxy) is 1. The lowest BCUT2D eigenvalue weighted by molar-refractivity contribution is -0.117. The highest BCUT2D eigenvalue weighted by atomic mass is 35.5. The molecule has 7 heteroatoms. The Kier molecular flexibility index (Phi) is 6.31. The van der Waals surface area contributed by atoms with Gasteiger partial charge in [0, 0.05) is 42.6 Å². The second-order valence-electron chi connectivity index (χ2n) is 6.02. The molecule has 0 radical (unpaired) electrons. The Hall–Kier alpha value is -1.60. The molecule has 0 unspecified atom stereocenters. The van der Waals surface area contributed by atoms with Crippen LogP contribution in [-0.2, 0) is 11.3 Å². The van der Waals surface area contributed by atoms with Crippen LogP contribution in [0.25, 0.3) is 0 Å². The molecule has 1 aromatic carbocycles. The number of anilines is 1. The van der Waals surface area contributed by atoms with Crippen LogP contribution in [0, 0.1) is 0 Å². The largest absolute Gasteiger partial charge is 0.495 e. The molecule has 0 aliphatic carbocycles. The summed E-state index contributed by atoms with van der Waals surface area (Å²) in [5.41, 5.74) is 0.608. The summed E-state index contributed by atoms with van der Waals surface area (Å²) in [6, 6.07) is 9.45. The molecule has 0 bridgehead atoms. The SMILES string of the molecule is COc1ccc(Cl)cc1NC(=O)CN1CCN(Cc2cccs2)CC1. The van der Waals surface area contributed by atoms with Crippen molar-refractivity contribution in [1.29, 1.82) is 0 Å². The Morgan fingerprint density at radius 3 is 2.68 bits per heavy atom. The van der Waals surface area contributed by atoms with Crippen molar-refractivity contribution in [3.05, 3.63) is 45.6 Å². The number of carbonyl (C=O) groups is 1. The second-order valence-corrected chi connectivity index (χ2v) is 7.49. The lowest BCUT2D eigenvalue weighted by Crippen LogP contribution is -2.48. The van der Waals surface area contributed by atoms with Gasteiger partial charge in [0.05, 0.1) is 19.3 Å². The molecule has 25 heavy (non-hydrogen) atoms. The maximum atomic E-state index is 12.3. The number of benzene rings is 1. The minimum atomic E-state index is -0.0488. The molecule has 0 spiro atoms. The number of rotatable bonds is 6. The molecule has 1 aliphatic rings. The van der Waals surface area contributed by atoms with Crippen LogP contribution in [0.5, 0.6) is 5.75 Å². The normalized spacial score (nSPS) is 15.9. The monoisotopic (exact) mass is 379 g/mol. The maximum Gasteiger partial charge on any atom is 0.238 e. The summed E-state index contributed by atoms with van der Waals surface area (Å²) >= 11 is 7.79. The Morgan fingerprint density at radius 1 is 1.24 bits per heavy atom. The summed E-state index contributed by atoms with van der Waals surface area (Å²) in [6.07, 6.45) is 0. The predicted molar refractivity (Wildman–Crippen MR) is 103 cm³/mol. The van der Waals surface area contributed by atoms with Crippen LogP contribution < -0.4 is 10.1 Å². The molecule has 3 rings (SSSR count). The van der Waals surface area contributed by atoms with Crippen molar-refractivity contribution in [2.24, 2.45) is 0 Å². The molecule has 1 aromatic heterocycles. The van der Waals surface area contributed by atoms with Crippen LogP contribution in [0.2, 0.25) is 5.02 Å². The molecule has 0 atom stereocenters. The molecule has 5 nitrogen and oxygen atoms in total. The number of piperazine rings is 1. The van der Waals surface area contributed by atoms with Gasteiger partial charge < -0.3 is 10.1 Å². The highest BCUT2D eigenvalue weighted by molar-refractivity contribution is 7.09. The highest BCUT2D eigenvalue weighted by Crippen LogP contribution is 2.27. The van der Waals surface area contributed by atoms with Gasteiger partial charge in [0.25, 0.3) is 0 Å². The van der Waals surface area contributed by atoms with E-state index in [9.17, 15) is 4.79 Å². The average Bonchev–Trinajstić information content (AvgIpc) is 3.10. The van der Waals surface area contributed by atoms with Gasteiger partial charge in [0.15, 0.2) is 0 Å². The zero-order valence-corrected chi connectivity index (χ0v) is 15.8. The fourth-order valence-electron chi connectivity index (χ4n) is 2.90. The van der Waals surface area contributed by atoms with Gasteiger partial charge in [0.1, 0.15) is 5.75 Å². The van der Waals surface area contributed by atoms with Gasteiger partial charge in [-0.25, -0.2) is 0 Å². The molecular formula is C18H22ClN3O2S. The van der Waals surface area contributed by atoms with Crippen molar-refractivity contribution in [3.8, 4) is 5.75 Å². The first-order chi connectivity index (χ1) is 12.1. The van der Waals surface area contributed by atoms with Gasteiger partial charge in [-0.3, -0.25) is 14.6 Å². The van der Waals surface area contributed by atoms with Crippen LogP contribution in [-0.4, -0.2) is 55.5 Å². The lowest BCUT2D eigenvalue weighted by atomic mass is 10.2. The summed E-state index contributed by atoms with van der Waals surface area (Å²) in [6.45, 7) is 5.12. The minimum absolute atomic E-state index is 0.0488. The van der Waals surface area contributed by atoms with E-state index >= 15 is 0 Å². The van der Waals surface area contributed by atoms with Crippen LogP contribution in [0.4, 0.5) is 5.69 Å². The number of methoxy groups -OCH3 is 1. The molecule has 1 fully saturated rings. The van der Waals surface area contributed by atoms with Crippen LogP contribution in [0.1, 0.15) is 4.88 Å². The molecule has 0 saturated carbocycles. The number of hydrogen-bond donors (Lipinski definition) is 1. The van der Waals surface area contributed by atoms with E-state index < -0.39 is 0 Å². The van der Waals surface area contributed by atoms with E-state index in [1.165, 1.54) is 4.88 Å². The summed E-state index contributed by atoms with van der Waals surface area (Å²) < 4.78 is 5.26. The van der Waals surface area contributed by atoms with Crippen molar-refractivity contribution >= 4 is 34.5 Å². The third-order valence-electron chi connectivity index (χ3n) is 4.23. The van der Waals surface area contributed by atoms with E-state index in [1.54, 1.807) is 36.6 Å². The van der Waals surface area contributed by atoms with Gasteiger partial charge >= 0.3 is 0 Å². The number of thiophene rings is 1. The van der Waals surface area contributed by atoms with E-state index in [4.69, 9.17) is 16.3 Å². The minimum Gasteiger partial charge on any atom is -0.495 e. The molecule has 134 valence electrons. The maximum absolute atomic E-state index is 12.3. The van der Waals surface area contributed by atoms with Gasteiger partial charge in [0.2, 0.25) is 5.91 Å². The highest BCUT2D eigenvalue weighted by Gasteiger charge is 2.19. The van der Waals surface area contributed by atoms with Gasteiger partial charge in [-0.2, -0.15) is 0 Å². The number of halogens is 1. The standard InChI is InChI=1S/C18H22ClN3O2S/c1-24-17-5-4-14(19)11-16(17)20-18(23)13-22-8-6-21(7-9-22)12-15-3-2-10-25-15/h2-5,10-11H,6-9,12-13H2,1H3,(H,20,23). The third kappa shape index (κ3) is 5.19. The number of nitrogens with one attached hydrogen (secondary N) is 1. The van der Waals surface area contributed by atoms with Crippen LogP contribution in [0.15, 0.2) is 35.7 Å². The molecule has 2 heterocycles. The lowest BCUT2D eigenvalue weighted by Gasteiger charge is -2.34. The number of carbonyl (C=O) groups excluding carboxylic acids is 1. The fourth-order valence-corrected chi connectivity index (χ4v) is 3.82. The van der Waals surface area contributed by atoms with Crippen molar-refractivity contribution in [2.75, 3.05) is 45.2 Å². The quantitative estimate of drug-likeness (QED) is 0.837. The molecule has 1 amide bonds. The molecule has 2 aromatic rings. The first-order valence-electron chi connectivity index (χ1n) is 8.24. The fraction of sp³-hybridized carbons (Fsp3) is 0.389. The molecule has 1 aliphatic heterocycles. The van der Waals surface area contributed by atoms with Crippen molar-refractivity contribution in [1.82, 2.24) is 9.80 Å².